The molecule has 2 amide bonds. The molecule has 180 valence electrons. The Kier molecular flexibility index (Phi) is 5.97. The Morgan fingerprint density at radius 3 is 2.74 bits per heavy atom. The van der Waals surface area contributed by atoms with Crippen LogP contribution >= 0.6 is 38.6 Å². The van der Waals surface area contributed by atoms with E-state index >= 15 is 0 Å². The lowest BCUT2D eigenvalue weighted by atomic mass is 9.95. The average Bonchev–Trinajstić information content (AvgIpc) is 3.50. The maximum absolute atomic E-state index is 13.9. The van der Waals surface area contributed by atoms with E-state index in [-0.39, 0.29) is 28.0 Å². The van der Waals surface area contributed by atoms with Crippen LogP contribution in [-0.4, -0.2) is 27.8 Å². The van der Waals surface area contributed by atoms with E-state index in [0.29, 0.717) is 11.4 Å². The summed E-state index contributed by atoms with van der Waals surface area (Å²) in [6.07, 6.45) is -1.42. The van der Waals surface area contributed by atoms with E-state index in [1.807, 2.05) is 0 Å². The molecule has 0 saturated carbocycles. The van der Waals surface area contributed by atoms with Gasteiger partial charge in [-0.25, -0.2) is 4.68 Å². The molecule has 0 spiro atoms. The number of nitrogens with two attached hydrogens (primary N) is 1. The third-order valence-electron chi connectivity index (χ3n) is 6.04. The zero-order valence-electron chi connectivity index (χ0n) is 17.5. The minimum Gasteiger partial charge on any atom is -0.365 e. The molecule has 7 nitrogen and oxygen atoms in total. The number of halogens is 4. The van der Waals surface area contributed by atoms with E-state index in [0.717, 1.165) is 39.3 Å². The van der Waals surface area contributed by atoms with Crippen LogP contribution in [0.2, 0.25) is 0 Å². The number of aryl methyl sites for hydroxylation is 1. The Hall–Kier alpha value is -2.38. The van der Waals surface area contributed by atoms with E-state index < -0.39 is 30.1 Å². The molecule has 0 aromatic carbocycles. The molecule has 4 heterocycles. The van der Waals surface area contributed by atoms with Crippen LogP contribution in [0.4, 0.5) is 24.0 Å². The third-order valence-corrected chi connectivity index (χ3v) is 8.99. The van der Waals surface area contributed by atoms with Crippen molar-refractivity contribution in [3.05, 3.63) is 48.6 Å². The van der Waals surface area contributed by atoms with Crippen LogP contribution in [0.5, 0.6) is 0 Å². The van der Waals surface area contributed by atoms with E-state index in [1.54, 1.807) is 17.5 Å². The van der Waals surface area contributed by atoms with E-state index in [9.17, 15) is 22.8 Å². The van der Waals surface area contributed by atoms with Crippen LogP contribution in [-0.2, 0) is 12.8 Å². The summed E-state index contributed by atoms with van der Waals surface area (Å²) in [7, 11) is 0. The first-order valence-electron chi connectivity index (χ1n) is 10.6. The number of amides is 2. The summed E-state index contributed by atoms with van der Waals surface area (Å²) in [5.41, 5.74) is 6.51. The lowest BCUT2D eigenvalue weighted by Crippen LogP contribution is -2.35. The highest BCUT2D eigenvalue weighted by Gasteiger charge is 2.48. The quantitative estimate of drug-likeness (QED) is 0.375. The Balaban J connectivity index is 1.50. The van der Waals surface area contributed by atoms with Crippen LogP contribution in [0.15, 0.2) is 22.0 Å². The van der Waals surface area contributed by atoms with Crippen LogP contribution in [0.25, 0.3) is 0 Å². The molecule has 34 heavy (non-hydrogen) atoms. The summed E-state index contributed by atoms with van der Waals surface area (Å²) in [6, 6.07) is 1.08. The van der Waals surface area contributed by atoms with Crippen molar-refractivity contribution in [2.24, 2.45) is 5.73 Å². The predicted octanol–water partition coefficient (Wildman–Crippen LogP) is 5.66. The first kappa shape index (κ1) is 23.4. The maximum Gasteiger partial charge on any atom is 0.410 e. The van der Waals surface area contributed by atoms with Gasteiger partial charge in [0.1, 0.15) is 10.8 Å². The number of alkyl halides is 3. The minimum atomic E-state index is -4.56. The van der Waals surface area contributed by atoms with Crippen molar-refractivity contribution >= 4 is 61.2 Å². The molecule has 2 aliphatic rings. The van der Waals surface area contributed by atoms with Gasteiger partial charge in [0.05, 0.1) is 16.1 Å². The van der Waals surface area contributed by atoms with Crippen LogP contribution in [0.3, 0.4) is 0 Å². The molecule has 0 bridgehead atoms. The van der Waals surface area contributed by atoms with Crippen molar-refractivity contribution in [2.75, 3.05) is 10.6 Å². The highest BCUT2D eigenvalue weighted by Crippen LogP contribution is 2.47. The van der Waals surface area contributed by atoms with Gasteiger partial charge in [-0.2, -0.15) is 18.3 Å². The zero-order chi connectivity index (χ0) is 24.2. The smallest absolute Gasteiger partial charge is 0.365 e. The van der Waals surface area contributed by atoms with Gasteiger partial charge in [0.2, 0.25) is 0 Å². The molecule has 3 aromatic rings. The lowest BCUT2D eigenvalue weighted by molar-refractivity contribution is -0.173. The summed E-state index contributed by atoms with van der Waals surface area (Å²) in [6.45, 7) is 0. The summed E-state index contributed by atoms with van der Waals surface area (Å²) in [4.78, 5) is 27.0. The number of nitrogens with zero attached hydrogens (tertiary/aromatic N) is 2. The Labute approximate surface area is 208 Å². The van der Waals surface area contributed by atoms with Crippen LogP contribution in [0.1, 0.15) is 67.5 Å². The third kappa shape index (κ3) is 4.03. The number of carbonyl (C=O) groups is 2. The Bertz CT molecular complexity index is 1270. The summed E-state index contributed by atoms with van der Waals surface area (Å²) in [5, 5.41) is 11.9. The molecule has 0 radical (unpaired) electrons. The fourth-order valence-corrected chi connectivity index (χ4v) is 7.12. The van der Waals surface area contributed by atoms with Gasteiger partial charge in [0.25, 0.3) is 11.8 Å². The number of aromatic nitrogens is 2. The molecule has 0 fully saturated rings. The maximum atomic E-state index is 13.9. The molecule has 0 unspecified atom stereocenters. The zero-order valence-corrected chi connectivity index (χ0v) is 20.8. The van der Waals surface area contributed by atoms with Gasteiger partial charge in [-0.05, 0) is 58.6 Å². The second-order valence-electron chi connectivity index (χ2n) is 8.19. The number of carbonyl (C=O) groups excluding carboxylic acids is 2. The van der Waals surface area contributed by atoms with Gasteiger partial charge < -0.3 is 16.4 Å². The minimum absolute atomic E-state index is 0.0812. The number of hydrogen-bond acceptors (Lipinski definition) is 6. The topological polar surface area (TPSA) is 102 Å². The molecule has 1 aliphatic carbocycles. The lowest BCUT2D eigenvalue weighted by Gasteiger charge is -2.33. The highest BCUT2D eigenvalue weighted by atomic mass is 79.9. The van der Waals surface area contributed by atoms with Crippen molar-refractivity contribution in [1.29, 1.82) is 0 Å². The highest BCUT2D eigenvalue weighted by molar-refractivity contribution is 9.10. The van der Waals surface area contributed by atoms with Crippen molar-refractivity contribution in [3.8, 4) is 0 Å². The second-order valence-corrected chi connectivity index (χ2v) is 11.1. The second kappa shape index (κ2) is 8.68. The summed E-state index contributed by atoms with van der Waals surface area (Å²) in [5.74, 6) is -1.28. The van der Waals surface area contributed by atoms with Gasteiger partial charge in [-0.3, -0.25) is 9.59 Å². The number of nitrogens with one attached hydrogen (secondary N) is 2. The van der Waals surface area contributed by atoms with Gasteiger partial charge in [-0.15, -0.1) is 22.7 Å². The Morgan fingerprint density at radius 2 is 2.06 bits per heavy atom. The summed E-state index contributed by atoms with van der Waals surface area (Å²) < 4.78 is 42.8. The van der Waals surface area contributed by atoms with Crippen molar-refractivity contribution in [3.63, 3.8) is 0 Å². The monoisotopic (exact) mass is 573 g/mol. The van der Waals surface area contributed by atoms with Crippen LogP contribution < -0.4 is 16.4 Å². The fraction of sp³-hybridized carbons (Fsp3) is 0.381. The molecular formula is C21H19BrF3N5O2S2. The van der Waals surface area contributed by atoms with E-state index in [1.165, 1.54) is 22.7 Å². The van der Waals surface area contributed by atoms with E-state index in [2.05, 4.69) is 31.7 Å². The summed E-state index contributed by atoms with van der Waals surface area (Å²) >= 11 is 5.92. The number of rotatable bonds is 4. The SMILES string of the molecule is NC(=O)c1c(NC(=O)c2nn3c(c2Br)N[C@H](c2cccs2)C[C@@H]3C(F)(F)F)sc2c1CCCC2. The average molecular weight is 574 g/mol. The van der Waals surface area contributed by atoms with E-state index in [4.69, 9.17) is 5.73 Å². The van der Waals surface area contributed by atoms with Gasteiger partial charge >= 0.3 is 6.18 Å². The number of primary amides is 1. The fourth-order valence-electron chi connectivity index (χ4n) is 4.49. The van der Waals surface area contributed by atoms with Gasteiger partial charge in [-0.1, -0.05) is 6.07 Å². The first-order valence-corrected chi connectivity index (χ1v) is 13.0. The number of thiophene rings is 2. The molecule has 13 heteroatoms. The standard InChI is InChI=1S/C21H19BrF3N5O2S2/c22-15-16(19(32)28-20-14(17(26)31)9-4-1-2-5-11(9)34-20)29-30-13(21(23,24)25)8-10(27-18(15)30)12-6-3-7-33-12/h3,6-7,10,13,27H,1-2,4-5,8H2,(H2,26,31)(H,28,32)/t10-,13+/m0/s1. The van der Waals surface area contributed by atoms with Gasteiger partial charge in [0.15, 0.2) is 11.7 Å². The molecule has 3 aromatic heterocycles. The molecular weight excluding hydrogens is 555 g/mol. The van der Waals surface area contributed by atoms with Crippen molar-refractivity contribution < 1.29 is 22.8 Å². The number of anilines is 2. The molecule has 0 saturated heterocycles. The number of fused-ring (bicyclic) bond motifs is 2. The largest absolute Gasteiger partial charge is 0.410 e. The molecule has 1 aliphatic heterocycles. The molecule has 4 N–H and O–H groups in total. The van der Waals surface area contributed by atoms with Gasteiger partial charge in [0, 0.05) is 16.2 Å². The predicted molar refractivity (Wildman–Crippen MR) is 128 cm³/mol. The van der Waals surface area contributed by atoms with Crippen molar-refractivity contribution in [1.82, 2.24) is 9.78 Å². The normalized spacial score (nSPS) is 19.8. The number of hydrogen-bond donors (Lipinski definition) is 3. The molecule has 2 atom stereocenters. The van der Waals surface area contributed by atoms with Crippen molar-refractivity contribution in [2.45, 2.75) is 50.4 Å². The van der Waals surface area contributed by atoms with Crippen LogP contribution in [0, 0.1) is 0 Å². The molecule has 5 rings (SSSR count). The Morgan fingerprint density at radius 1 is 1.29 bits per heavy atom. The first-order chi connectivity index (χ1) is 16.1.